The number of H-pyrrole nitrogens is 1. The fourth-order valence-electron chi connectivity index (χ4n) is 4.56. The van der Waals surface area contributed by atoms with Crippen molar-refractivity contribution in [2.75, 3.05) is 31.1 Å². The SMILES string of the molecule is Cc1cccc(N2CCN(C(=O)C(C(C)C)n3c(=O)[nH]c4ccccc4c3=O)CC2)c1C. The van der Waals surface area contributed by atoms with E-state index in [4.69, 9.17) is 0 Å². The molecule has 2 aromatic carbocycles. The normalized spacial score (nSPS) is 15.4. The van der Waals surface area contributed by atoms with Gasteiger partial charge >= 0.3 is 5.69 Å². The van der Waals surface area contributed by atoms with E-state index in [9.17, 15) is 14.4 Å². The zero-order chi connectivity index (χ0) is 23.0. The smallest absolute Gasteiger partial charge is 0.329 e. The summed E-state index contributed by atoms with van der Waals surface area (Å²) < 4.78 is 1.10. The van der Waals surface area contributed by atoms with E-state index in [1.165, 1.54) is 16.8 Å². The quantitative estimate of drug-likeness (QED) is 0.685. The molecule has 7 nitrogen and oxygen atoms in total. The Bertz CT molecular complexity index is 1270. The van der Waals surface area contributed by atoms with Crippen LogP contribution in [0.2, 0.25) is 0 Å². The maximum Gasteiger partial charge on any atom is 0.329 e. The molecule has 1 aromatic heterocycles. The third-order valence-corrected chi connectivity index (χ3v) is 6.51. The molecule has 1 saturated heterocycles. The van der Waals surface area contributed by atoms with Crippen molar-refractivity contribution in [2.24, 2.45) is 5.92 Å². The molecule has 32 heavy (non-hydrogen) atoms. The monoisotopic (exact) mass is 434 g/mol. The van der Waals surface area contributed by atoms with Crippen molar-refractivity contribution in [3.63, 3.8) is 0 Å². The number of carbonyl (C=O) groups is 1. The summed E-state index contributed by atoms with van der Waals surface area (Å²) in [5.74, 6) is -0.386. The van der Waals surface area contributed by atoms with Gasteiger partial charge in [0.15, 0.2) is 0 Å². The van der Waals surface area contributed by atoms with Crippen LogP contribution in [0.5, 0.6) is 0 Å². The summed E-state index contributed by atoms with van der Waals surface area (Å²) in [4.78, 5) is 46.4. The lowest BCUT2D eigenvalue weighted by Crippen LogP contribution is -2.53. The number of nitrogens with zero attached hydrogens (tertiary/aromatic N) is 3. The number of piperazine rings is 1. The summed E-state index contributed by atoms with van der Waals surface area (Å²) in [6, 6.07) is 12.3. The fourth-order valence-corrected chi connectivity index (χ4v) is 4.56. The number of fused-ring (bicyclic) bond motifs is 1. The number of rotatable bonds is 4. The van der Waals surface area contributed by atoms with Gasteiger partial charge in [-0.05, 0) is 49.1 Å². The highest BCUT2D eigenvalue weighted by Gasteiger charge is 2.33. The summed E-state index contributed by atoms with van der Waals surface area (Å²) in [6.07, 6.45) is 0. The zero-order valence-electron chi connectivity index (χ0n) is 19.1. The standard InChI is InChI=1S/C25H30N4O3/c1-16(2)22(29-23(30)19-9-5-6-10-20(19)26-25(29)32)24(31)28-14-12-27(13-15-28)21-11-7-8-17(3)18(21)4/h5-11,16,22H,12-15H2,1-4H3,(H,26,32). The molecule has 1 N–H and O–H groups in total. The number of amides is 1. The molecule has 0 saturated carbocycles. The molecule has 3 aromatic rings. The van der Waals surface area contributed by atoms with Crippen LogP contribution in [0.25, 0.3) is 10.9 Å². The highest BCUT2D eigenvalue weighted by molar-refractivity contribution is 5.82. The molecule has 1 aliphatic rings. The van der Waals surface area contributed by atoms with Gasteiger partial charge in [0.05, 0.1) is 10.9 Å². The molecular formula is C25H30N4O3. The Balaban J connectivity index is 1.61. The van der Waals surface area contributed by atoms with Crippen LogP contribution in [0.4, 0.5) is 5.69 Å². The van der Waals surface area contributed by atoms with Gasteiger partial charge in [0, 0.05) is 31.9 Å². The molecule has 2 heterocycles. The first-order valence-electron chi connectivity index (χ1n) is 11.1. The van der Waals surface area contributed by atoms with E-state index < -0.39 is 17.3 Å². The third-order valence-electron chi connectivity index (χ3n) is 6.51. The second-order valence-corrected chi connectivity index (χ2v) is 8.87. The Morgan fingerprint density at radius 3 is 2.31 bits per heavy atom. The number of aromatic amines is 1. The molecule has 7 heteroatoms. The third kappa shape index (κ3) is 3.83. The van der Waals surface area contributed by atoms with E-state index in [1.807, 2.05) is 13.8 Å². The van der Waals surface area contributed by atoms with Gasteiger partial charge in [0.1, 0.15) is 6.04 Å². The average Bonchev–Trinajstić information content (AvgIpc) is 2.78. The first-order valence-corrected chi connectivity index (χ1v) is 11.1. The highest BCUT2D eigenvalue weighted by atomic mass is 16.2. The maximum atomic E-state index is 13.5. The van der Waals surface area contributed by atoms with Crippen molar-refractivity contribution < 1.29 is 4.79 Å². The van der Waals surface area contributed by atoms with Gasteiger partial charge in [0.25, 0.3) is 5.56 Å². The van der Waals surface area contributed by atoms with E-state index in [0.29, 0.717) is 37.1 Å². The molecular weight excluding hydrogens is 404 g/mol. The number of anilines is 1. The van der Waals surface area contributed by atoms with Crippen LogP contribution in [0.3, 0.4) is 0 Å². The zero-order valence-corrected chi connectivity index (χ0v) is 19.1. The molecule has 1 fully saturated rings. The van der Waals surface area contributed by atoms with E-state index in [2.05, 4.69) is 41.9 Å². The molecule has 0 spiro atoms. The molecule has 168 valence electrons. The molecule has 1 aliphatic heterocycles. The van der Waals surface area contributed by atoms with Crippen LogP contribution in [-0.4, -0.2) is 46.5 Å². The Labute approximate surface area is 187 Å². The number of nitrogens with one attached hydrogen (secondary N) is 1. The van der Waals surface area contributed by atoms with Gasteiger partial charge < -0.3 is 14.8 Å². The Morgan fingerprint density at radius 1 is 0.938 bits per heavy atom. The minimum Gasteiger partial charge on any atom is -0.368 e. The van der Waals surface area contributed by atoms with Crippen LogP contribution >= 0.6 is 0 Å². The molecule has 0 radical (unpaired) electrons. The highest BCUT2D eigenvalue weighted by Crippen LogP contribution is 2.25. The van der Waals surface area contributed by atoms with Gasteiger partial charge in [0.2, 0.25) is 5.91 Å². The molecule has 0 aliphatic carbocycles. The number of aryl methyl sites for hydroxylation is 1. The summed E-state index contributed by atoms with van der Waals surface area (Å²) in [5.41, 5.74) is 3.20. The van der Waals surface area contributed by atoms with E-state index >= 15 is 0 Å². The summed E-state index contributed by atoms with van der Waals surface area (Å²) in [5, 5.41) is 0.408. The van der Waals surface area contributed by atoms with Crippen molar-refractivity contribution in [3.8, 4) is 0 Å². The van der Waals surface area contributed by atoms with Crippen molar-refractivity contribution in [2.45, 2.75) is 33.7 Å². The number of carbonyl (C=O) groups excluding carboxylic acids is 1. The van der Waals surface area contributed by atoms with Crippen molar-refractivity contribution >= 4 is 22.5 Å². The Hall–Kier alpha value is -3.35. The van der Waals surface area contributed by atoms with Crippen LogP contribution in [0.1, 0.15) is 31.0 Å². The summed E-state index contributed by atoms with van der Waals surface area (Å²) in [6.45, 7) is 10.5. The number of para-hydroxylation sites is 1. The summed E-state index contributed by atoms with van der Waals surface area (Å²) >= 11 is 0. The molecule has 4 rings (SSSR count). The Kier molecular flexibility index (Phi) is 5.91. The van der Waals surface area contributed by atoms with Crippen LogP contribution in [-0.2, 0) is 4.79 Å². The minimum atomic E-state index is -0.844. The lowest BCUT2D eigenvalue weighted by Gasteiger charge is -2.39. The Morgan fingerprint density at radius 2 is 1.62 bits per heavy atom. The molecule has 0 bridgehead atoms. The van der Waals surface area contributed by atoms with Crippen LogP contribution < -0.4 is 16.1 Å². The lowest BCUT2D eigenvalue weighted by atomic mass is 10.0. The van der Waals surface area contributed by atoms with Crippen molar-refractivity contribution in [1.29, 1.82) is 0 Å². The molecule has 1 atom stereocenters. The predicted octanol–water partition coefficient (Wildman–Crippen LogP) is 2.85. The first-order chi connectivity index (χ1) is 15.3. The second-order valence-electron chi connectivity index (χ2n) is 8.87. The second kappa shape index (κ2) is 8.65. The number of hydrogen-bond donors (Lipinski definition) is 1. The predicted molar refractivity (Wildman–Crippen MR) is 127 cm³/mol. The average molecular weight is 435 g/mol. The van der Waals surface area contributed by atoms with E-state index in [1.54, 1.807) is 29.2 Å². The molecule has 1 amide bonds. The van der Waals surface area contributed by atoms with Gasteiger partial charge in [-0.1, -0.05) is 38.1 Å². The summed E-state index contributed by atoms with van der Waals surface area (Å²) in [7, 11) is 0. The molecule has 1 unspecified atom stereocenters. The van der Waals surface area contributed by atoms with E-state index in [0.717, 1.165) is 4.57 Å². The fraction of sp³-hybridized carbons (Fsp3) is 0.400. The van der Waals surface area contributed by atoms with Gasteiger partial charge in [-0.2, -0.15) is 0 Å². The van der Waals surface area contributed by atoms with Crippen molar-refractivity contribution in [1.82, 2.24) is 14.5 Å². The van der Waals surface area contributed by atoms with Gasteiger partial charge in [-0.3, -0.25) is 9.59 Å². The van der Waals surface area contributed by atoms with Crippen LogP contribution in [0, 0.1) is 19.8 Å². The minimum absolute atomic E-state index is 0.177. The number of benzene rings is 2. The van der Waals surface area contributed by atoms with Gasteiger partial charge in [-0.15, -0.1) is 0 Å². The first kappa shape index (κ1) is 21.9. The van der Waals surface area contributed by atoms with Crippen molar-refractivity contribution in [3.05, 3.63) is 74.4 Å². The van der Waals surface area contributed by atoms with Gasteiger partial charge in [-0.25, -0.2) is 9.36 Å². The topological polar surface area (TPSA) is 78.4 Å². The number of hydrogen-bond acceptors (Lipinski definition) is 4. The number of aromatic nitrogens is 2. The van der Waals surface area contributed by atoms with E-state index in [-0.39, 0.29) is 11.8 Å². The van der Waals surface area contributed by atoms with Crippen LogP contribution in [0.15, 0.2) is 52.1 Å². The largest absolute Gasteiger partial charge is 0.368 e. The lowest BCUT2D eigenvalue weighted by molar-refractivity contribution is -0.136. The maximum absolute atomic E-state index is 13.5.